The van der Waals surface area contributed by atoms with Crippen LogP contribution in [0.25, 0.3) is 16.7 Å². The lowest BCUT2D eigenvalue weighted by Crippen LogP contribution is -2.41. The second-order valence-corrected chi connectivity index (χ2v) is 12.9. The van der Waals surface area contributed by atoms with Crippen LogP contribution in [0.3, 0.4) is 0 Å². The number of nitrogens with zero attached hydrogens (tertiary/aromatic N) is 3. The largest absolute Gasteiger partial charge is 0.352 e. The van der Waals surface area contributed by atoms with E-state index in [4.69, 9.17) is 0 Å². The maximum Gasteiger partial charge on any atom is 0.337 e. The molecule has 1 aliphatic rings. The van der Waals surface area contributed by atoms with E-state index < -0.39 is 32.6 Å². The van der Waals surface area contributed by atoms with Gasteiger partial charge in [0.05, 0.1) is 29.0 Å². The molecule has 2 aromatic carbocycles. The molecule has 1 fully saturated rings. The summed E-state index contributed by atoms with van der Waals surface area (Å²) in [5, 5.41) is 2.94. The van der Waals surface area contributed by atoms with Crippen LogP contribution in [0.5, 0.6) is 0 Å². The average molecular weight is 568 g/mol. The summed E-state index contributed by atoms with van der Waals surface area (Å²) in [4.78, 5) is 40.7. The Kier molecular flexibility index (Phi) is 6.48. The normalized spacial score (nSPS) is 13.9. The first-order valence-electron chi connectivity index (χ1n) is 12.7. The zero-order chi connectivity index (χ0) is 29.1. The van der Waals surface area contributed by atoms with Gasteiger partial charge in [-0.2, -0.15) is 0 Å². The molecule has 0 spiro atoms. The number of halogens is 1. The molecule has 12 heteroatoms. The van der Waals surface area contributed by atoms with Gasteiger partial charge in [-0.3, -0.25) is 23.4 Å². The summed E-state index contributed by atoms with van der Waals surface area (Å²) >= 11 is 0. The van der Waals surface area contributed by atoms with E-state index in [0.29, 0.717) is 12.8 Å². The maximum absolute atomic E-state index is 15.2. The smallest absolute Gasteiger partial charge is 0.337 e. The number of sulfonamides is 1. The van der Waals surface area contributed by atoms with Crippen LogP contribution in [-0.2, 0) is 22.5 Å². The van der Waals surface area contributed by atoms with E-state index in [1.54, 1.807) is 24.3 Å². The van der Waals surface area contributed by atoms with Crippen LogP contribution in [0.1, 0.15) is 45.2 Å². The molecule has 5 rings (SSSR count). The SMILES string of the molecule is Cn1c(=O)cc(Nc2ccc(C(C)(C)C)cc2F)c2c(=O)n(C3CC3)c(=O)n(-c3cccc(NS(C)(=O)=O)c3)c21. The first-order valence-corrected chi connectivity index (χ1v) is 14.6. The molecule has 10 nitrogen and oxygen atoms in total. The van der Waals surface area contributed by atoms with E-state index in [1.807, 2.05) is 20.8 Å². The number of rotatable bonds is 6. The van der Waals surface area contributed by atoms with E-state index in [0.717, 1.165) is 16.4 Å². The van der Waals surface area contributed by atoms with Gasteiger partial charge in [-0.25, -0.2) is 22.2 Å². The van der Waals surface area contributed by atoms with Crippen molar-refractivity contribution in [1.82, 2.24) is 13.7 Å². The van der Waals surface area contributed by atoms with Crippen LogP contribution in [0.4, 0.5) is 21.5 Å². The number of aryl methyl sites for hydroxylation is 1. The summed E-state index contributed by atoms with van der Waals surface area (Å²) in [7, 11) is -2.18. The minimum absolute atomic E-state index is 0.00914. The molecular formula is C28H30FN5O5S. The van der Waals surface area contributed by atoms with Gasteiger partial charge >= 0.3 is 5.69 Å². The number of pyridine rings is 1. The van der Waals surface area contributed by atoms with Gasteiger partial charge in [0, 0.05) is 19.2 Å². The summed E-state index contributed by atoms with van der Waals surface area (Å²) in [6.07, 6.45) is 2.27. The summed E-state index contributed by atoms with van der Waals surface area (Å²) in [5.74, 6) is -0.559. The van der Waals surface area contributed by atoms with Crippen LogP contribution in [0, 0.1) is 5.82 Å². The average Bonchev–Trinajstić information content (AvgIpc) is 3.67. The van der Waals surface area contributed by atoms with Crippen LogP contribution >= 0.6 is 0 Å². The molecule has 1 saturated carbocycles. The van der Waals surface area contributed by atoms with Crippen LogP contribution < -0.4 is 26.8 Å². The third-order valence-corrected chi connectivity index (χ3v) is 7.48. The molecule has 0 radical (unpaired) electrons. The summed E-state index contributed by atoms with van der Waals surface area (Å²) < 4.78 is 44.8. The Morgan fingerprint density at radius 1 is 0.975 bits per heavy atom. The third kappa shape index (κ3) is 5.06. The van der Waals surface area contributed by atoms with E-state index in [9.17, 15) is 22.8 Å². The molecule has 0 atom stereocenters. The predicted molar refractivity (Wildman–Crippen MR) is 154 cm³/mol. The zero-order valence-corrected chi connectivity index (χ0v) is 23.6. The van der Waals surface area contributed by atoms with E-state index in [1.165, 1.54) is 40.4 Å². The van der Waals surface area contributed by atoms with Crippen LogP contribution in [0.2, 0.25) is 0 Å². The Labute approximate surface area is 229 Å². The highest BCUT2D eigenvalue weighted by Gasteiger charge is 2.31. The Bertz CT molecular complexity index is 1960. The van der Waals surface area contributed by atoms with Gasteiger partial charge in [-0.1, -0.05) is 32.9 Å². The first kappa shape index (κ1) is 27.4. The number of hydrogen-bond acceptors (Lipinski definition) is 6. The fourth-order valence-electron chi connectivity index (χ4n) is 4.70. The molecule has 0 bridgehead atoms. The van der Waals surface area contributed by atoms with Crippen LogP contribution in [0.15, 0.2) is 62.9 Å². The Hall–Kier alpha value is -4.19. The van der Waals surface area contributed by atoms with Gasteiger partial charge in [-0.05, 0) is 54.2 Å². The van der Waals surface area contributed by atoms with Crippen molar-refractivity contribution < 1.29 is 12.8 Å². The van der Waals surface area contributed by atoms with Crippen molar-refractivity contribution in [3.63, 3.8) is 0 Å². The fraction of sp³-hybridized carbons (Fsp3) is 0.321. The number of fused-ring (bicyclic) bond motifs is 1. The van der Waals surface area contributed by atoms with Gasteiger partial charge in [0.2, 0.25) is 10.0 Å². The van der Waals surface area contributed by atoms with Crippen molar-refractivity contribution in [3.05, 3.63) is 91.1 Å². The third-order valence-electron chi connectivity index (χ3n) is 6.87. The minimum atomic E-state index is -3.61. The molecule has 0 unspecified atom stereocenters. The maximum atomic E-state index is 15.2. The van der Waals surface area contributed by atoms with E-state index in [2.05, 4.69) is 10.0 Å². The number of nitrogens with one attached hydrogen (secondary N) is 2. The number of hydrogen-bond donors (Lipinski definition) is 2. The molecular weight excluding hydrogens is 537 g/mol. The molecule has 40 heavy (non-hydrogen) atoms. The lowest BCUT2D eigenvalue weighted by molar-refractivity contribution is 0.573. The van der Waals surface area contributed by atoms with E-state index >= 15 is 4.39 Å². The molecule has 0 aliphatic heterocycles. The van der Waals surface area contributed by atoms with Crippen molar-refractivity contribution in [2.45, 2.75) is 45.1 Å². The van der Waals surface area contributed by atoms with Gasteiger partial charge < -0.3 is 5.32 Å². The zero-order valence-electron chi connectivity index (χ0n) is 22.8. The van der Waals surface area contributed by atoms with Crippen molar-refractivity contribution in [1.29, 1.82) is 0 Å². The minimum Gasteiger partial charge on any atom is -0.352 e. The highest BCUT2D eigenvalue weighted by Crippen LogP contribution is 2.34. The topological polar surface area (TPSA) is 124 Å². The van der Waals surface area contributed by atoms with Crippen molar-refractivity contribution in [3.8, 4) is 5.69 Å². The van der Waals surface area contributed by atoms with Crippen molar-refractivity contribution in [2.75, 3.05) is 16.3 Å². The number of anilines is 3. The standard InChI is InChI=1S/C28H30FN5O5S/c1-28(2,3)16-9-12-21(20(29)13-16)30-22-15-23(35)32(4)25-24(22)26(36)34(18-10-11-18)27(37)33(25)19-8-6-7-17(14-19)31-40(5,38)39/h6-9,12-15,18,30-31H,10-11H2,1-5H3. The second-order valence-electron chi connectivity index (χ2n) is 11.2. The summed E-state index contributed by atoms with van der Waals surface area (Å²) in [6.45, 7) is 5.88. The summed E-state index contributed by atoms with van der Waals surface area (Å²) in [6, 6.07) is 11.7. The molecule has 2 N–H and O–H groups in total. The Morgan fingerprint density at radius 2 is 1.68 bits per heavy atom. The molecule has 2 aromatic heterocycles. The van der Waals surface area contributed by atoms with Gasteiger partial charge in [0.15, 0.2) is 0 Å². The molecule has 210 valence electrons. The summed E-state index contributed by atoms with van der Waals surface area (Å²) in [5.41, 5.74) is -0.765. The van der Waals surface area contributed by atoms with Crippen molar-refractivity contribution in [2.24, 2.45) is 7.05 Å². The monoisotopic (exact) mass is 567 g/mol. The fourth-order valence-corrected chi connectivity index (χ4v) is 5.26. The van der Waals surface area contributed by atoms with Crippen LogP contribution in [-0.4, -0.2) is 28.4 Å². The molecule has 1 aliphatic carbocycles. The van der Waals surface area contributed by atoms with Crippen molar-refractivity contribution >= 4 is 38.1 Å². The van der Waals surface area contributed by atoms with E-state index in [-0.39, 0.29) is 45.2 Å². The molecule has 0 amide bonds. The number of benzene rings is 2. The molecule has 2 heterocycles. The molecule has 0 saturated heterocycles. The predicted octanol–water partition coefficient (Wildman–Crippen LogP) is 3.74. The second kappa shape index (κ2) is 9.47. The lowest BCUT2D eigenvalue weighted by Gasteiger charge is -2.21. The highest BCUT2D eigenvalue weighted by molar-refractivity contribution is 7.92. The number of aromatic nitrogens is 3. The highest BCUT2D eigenvalue weighted by atomic mass is 32.2. The first-order chi connectivity index (χ1) is 18.7. The quantitative estimate of drug-likeness (QED) is 0.366. The Morgan fingerprint density at radius 3 is 2.27 bits per heavy atom. The lowest BCUT2D eigenvalue weighted by atomic mass is 9.87. The Balaban J connectivity index is 1.81. The van der Waals surface area contributed by atoms with Gasteiger partial charge in [-0.15, -0.1) is 0 Å². The van der Waals surface area contributed by atoms with Gasteiger partial charge in [0.25, 0.3) is 11.1 Å². The van der Waals surface area contributed by atoms with Gasteiger partial charge in [0.1, 0.15) is 16.9 Å². The molecule has 4 aromatic rings.